The number of carbonyl (C=O) groups excluding carboxylic acids is 1. The molecular weight excluding hydrogens is 368 g/mol. The lowest BCUT2D eigenvalue weighted by Crippen LogP contribution is -2.36. The first-order valence-corrected chi connectivity index (χ1v) is 9.71. The second-order valence-electron chi connectivity index (χ2n) is 7.08. The van der Waals surface area contributed by atoms with E-state index in [0.29, 0.717) is 18.1 Å². The molecule has 29 heavy (non-hydrogen) atoms. The Balaban J connectivity index is 1.77. The number of carbonyl (C=O) groups is 1. The number of benzene rings is 2. The van der Waals surface area contributed by atoms with Crippen LogP contribution in [0.4, 0.5) is 11.4 Å². The number of guanidine groups is 1. The Kier molecular flexibility index (Phi) is 7.08. The van der Waals surface area contributed by atoms with Gasteiger partial charge in [-0.15, -0.1) is 0 Å². The Morgan fingerprint density at radius 2 is 2.07 bits per heavy atom. The van der Waals surface area contributed by atoms with Crippen LogP contribution in [0.1, 0.15) is 23.2 Å². The van der Waals surface area contributed by atoms with Crippen LogP contribution in [0.25, 0.3) is 0 Å². The first kappa shape index (κ1) is 20.7. The van der Waals surface area contributed by atoms with Crippen molar-refractivity contribution in [1.82, 2.24) is 5.32 Å². The molecule has 2 N–H and O–H groups in total. The summed E-state index contributed by atoms with van der Waals surface area (Å²) in [6.45, 7) is 1.26. The molecule has 1 atom stereocenters. The van der Waals surface area contributed by atoms with Crippen LogP contribution >= 0.6 is 0 Å². The van der Waals surface area contributed by atoms with E-state index in [9.17, 15) is 4.79 Å². The molecule has 154 valence electrons. The van der Waals surface area contributed by atoms with Gasteiger partial charge in [-0.3, -0.25) is 10.1 Å². The zero-order valence-electron chi connectivity index (χ0n) is 17.1. The van der Waals surface area contributed by atoms with Crippen LogP contribution in [0.2, 0.25) is 0 Å². The molecule has 2 aromatic rings. The fourth-order valence-electron chi connectivity index (χ4n) is 3.03. The van der Waals surface area contributed by atoms with Crippen molar-refractivity contribution >= 4 is 23.2 Å². The van der Waals surface area contributed by atoms with Crippen molar-refractivity contribution in [1.29, 1.82) is 0 Å². The molecule has 0 spiro atoms. The number of hydrogen-bond donors (Lipinski definition) is 2. The summed E-state index contributed by atoms with van der Waals surface area (Å²) >= 11 is 0. The topological polar surface area (TPSA) is 75.2 Å². The van der Waals surface area contributed by atoms with Crippen molar-refractivity contribution in [2.45, 2.75) is 18.9 Å². The second-order valence-corrected chi connectivity index (χ2v) is 7.08. The molecule has 3 rings (SSSR count). The van der Waals surface area contributed by atoms with Crippen LogP contribution in [-0.4, -0.2) is 52.3 Å². The zero-order chi connectivity index (χ0) is 20.6. The zero-order valence-corrected chi connectivity index (χ0v) is 17.1. The molecule has 0 unspecified atom stereocenters. The average molecular weight is 396 g/mol. The molecule has 1 fully saturated rings. The van der Waals surface area contributed by atoms with E-state index in [1.807, 2.05) is 61.5 Å². The normalized spacial score (nSPS) is 16.4. The highest BCUT2D eigenvalue weighted by Gasteiger charge is 2.16. The molecule has 7 nitrogen and oxygen atoms in total. The molecule has 1 heterocycles. The Morgan fingerprint density at radius 1 is 1.24 bits per heavy atom. The molecule has 0 aliphatic carbocycles. The maximum atomic E-state index is 12.8. The van der Waals surface area contributed by atoms with Crippen molar-refractivity contribution < 1.29 is 14.3 Å². The standard InChI is InChI=1S/C22H28N4O3/c1-26(2)18-9-4-7-16(13-18)21(27)25-22(23-15-20-11-6-12-29-20)24-17-8-5-10-19(14-17)28-3/h4-5,7-10,13-14,20H,6,11-12,15H2,1-3H3,(H2,23,24,25,27)/t20-/m1/s1. The molecule has 1 aliphatic rings. The molecule has 0 bridgehead atoms. The SMILES string of the molecule is COc1cccc(NC(=NC[C@H]2CCCO2)NC(=O)c2cccc(N(C)C)c2)c1. The van der Waals surface area contributed by atoms with Crippen molar-refractivity contribution in [2.75, 3.05) is 44.6 Å². The molecule has 2 aromatic carbocycles. The van der Waals surface area contributed by atoms with Gasteiger partial charge in [0.25, 0.3) is 5.91 Å². The summed E-state index contributed by atoms with van der Waals surface area (Å²) in [7, 11) is 5.50. The van der Waals surface area contributed by atoms with Gasteiger partial charge in [0, 0.05) is 43.7 Å². The third kappa shape index (κ3) is 5.96. The van der Waals surface area contributed by atoms with Gasteiger partial charge in [-0.05, 0) is 43.2 Å². The fourth-order valence-corrected chi connectivity index (χ4v) is 3.03. The number of methoxy groups -OCH3 is 1. The molecule has 0 saturated carbocycles. The number of amides is 1. The Hall–Kier alpha value is -3.06. The van der Waals surface area contributed by atoms with Gasteiger partial charge in [-0.1, -0.05) is 12.1 Å². The van der Waals surface area contributed by atoms with E-state index in [1.165, 1.54) is 0 Å². The summed E-state index contributed by atoms with van der Waals surface area (Å²) in [6, 6.07) is 14.9. The number of anilines is 2. The van der Waals surface area contributed by atoms with Crippen LogP contribution in [0.3, 0.4) is 0 Å². The lowest BCUT2D eigenvalue weighted by molar-refractivity contribution is 0.0975. The molecule has 7 heteroatoms. The van der Waals surface area contributed by atoms with Gasteiger partial charge in [0.15, 0.2) is 0 Å². The van der Waals surface area contributed by atoms with Gasteiger partial charge in [-0.25, -0.2) is 4.99 Å². The summed E-state index contributed by atoms with van der Waals surface area (Å²) in [6.07, 6.45) is 2.11. The minimum Gasteiger partial charge on any atom is -0.497 e. The van der Waals surface area contributed by atoms with Gasteiger partial charge >= 0.3 is 0 Å². The number of aliphatic imine (C=N–C) groups is 1. The Labute approximate surface area is 171 Å². The second kappa shape index (κ2) is 9.93. The van der Waals surface area contributed by atoms with E-state index in [4.69, 9.17) is 9.47 Å². The van der Waals surface area contributed by atoms with E-state index < -0.39 is 0 Å². The predicted molar refractivity (Wildman–Crippen MR) is 116 cm³/mol. The van der Waals surface area contributed by atoms with E-state index in [-0.39, 0.29) is 12.0 Å². The summed E-state index contributed by atoms with van der Waals surface area (Å²) in [5, 5.41) is 6.08. The van der Waals surface area contributed by atoms with Crippen molar-refractivity contribution in [3.63, 3.8) is 0 Å². The number of nitrogens with zero attached hydrogens (tertiary/aromatic N) is 2. The van der Waals surface area contributed by atoms with Gasteiger partial charge in [0.2, 0.25) is 5.96 Å². The fraction of sp³-hybridized carbons (Fsp3) is 0.364. The van der Waals surface area contributed by atoms with Gasteiger partial charge < -0.3 is 19.7 Å². The maximum Gasteiger partial charge on any atom is 0.258 e. The minimum absolute atomic E-state index is 0.0890. The predicted octanol–water partition coefficient (Wildman–Crippen LogP) is 3.14. The number of ether oxygens (including phenoxy) is 2. The van der Waals surface area contributed by atoms with Crippen molar-refractivity contribution in [3.05, 3.63) is 54.1 Å². The van der Waals surface area contributed by atoms with Crippen LogP contribution < -0.4 is 20.3 Å². The maximum absolute atomic E-state index is 12.8. The Bertz CT molecular complexity index is 861. The highest BCUT2D eigenvalue weighted by molar-refractivity contribution is 6.10. The monoisotopic (exact) mass is 396 g/mol. The van der Waals surface area contributed by atoms with Crippen molar-refractivity contribution in [2.24, 2.45) is 4.99 Å². The van der Waals surface area contributed by atoms with Gasteiger partial charge in [-0.2, -0.15) is 0 Å². The van der Waals surface area contributed by atoms with E-state index in [0.717, 1.165) is 36.6 Å². The quantitative estimate of drug-likeness (QED) is 0.580. The smallest absolute Gasteiger partial charge is 0.258 e. The first-order chi connectivity index (χ1) is 14.0. The number of rotatable bonds is 6. The van der Waals surface area contributed by atoms with Crippen LogP contribution in [0, 0.1) is 0 Å². The Morgan fingerprint density at radius 3 is 2.79 bits per heavy atom. The highest BCUT2D eigenvalue weighted by atomic mass is 16.5. The van der Waals surface area contributed by atoms with Gasteiger partial charge in [0.05, 0.1) is 19.8 Å². The minimum atomic E-state index is -0.227. The molecule has 0 aromatic heterocycles. The molecule has 1 aliphatic heterocycles. The summed E-state index contributed by atoms with van der Waals surface area (Å²) in [5.41, 5.74) is 2.29. The highest BCUT2D eigenvalue weighted by Crippen LogP contribution is 2.17. The summed E-state index contributed by atoms with van der Waals surface area (Å²) in [5.74, 6) is 0.877. The third-order valence-electron chi connectivity index (χ3n) is 4.67. The lowest BCUT2D eigenvalue weighted by Gasteiger charge is -2.15. The number of hydrogen-bond acceptors (Lipinski definition) is 5. The molecule has 1 amide bonds. The van der Waals surface area contributed by atoms with E-state index in [1.54, 1.807) is 13.2 Å². The summed E-state index contributed by atoms with van der Waals surface area (Å²) < 4.78 is 10.9. The van der Waals surface area contributed by atoms with Gasteiger partial charge in [0.1, 0.15) is 5.75 Å². The molecule has 1 saturated heterocycles. The van der Waals surface area contributed by atoms with E-state index in [2.05, 4.69) is 15.6 Å². The van der Waals surface area contributed by atoms with Crippen LogP contribution in [0.5, 0.6) is 5.75 Å². The lowest BCUT2D eigenvalue weighted by atomic mass is 10.2. The first-order valence-electron chi connectivity index (χ1n) is 9.71. The molecular formula is C22H28N4O3. The van der Waals surface area contributed by atoms with Crippen LogP contribution in [-0.2, 0) is 4.74 Å². The largest absolute Gasteiger partial charge is 0.497 e. The average Bonchev–Trinajstić information content (AvgIpc) is 3.26. The molecule has 0 radical (unpaired) electrons. The number of nitrogens with one attached hydrogen (secondary N) is 2. The van der Waals surface area contributed by atoms with Crippen LogP contribution in [0.15, 0.2) is 53.5 Å². The third-order valence-corrected chi connectivity index (χ3v) is 4.67. The van der Waals surface area contributed by atoms with Crippen molar-refractivity contribution in [3.8, 4) is 5.75 Å². The van der Waals surface area contributed by atoms with E-state index >= 15 is 0 Å². The summed E-state index contributed by atoms with van der Waals surface area (Å²) in [4.78, 5) is 19.4.